The van der Waals surface area contributed by atoms with Gasteiger partial charge in [0.1, 0.15) is 35.2 Å². The van der Waals surface area contributed by atoms with Crippen LogP contribution in [0.15, 0.2) is 30.5 Å². The Kier molecular flexibility index (Phi) is 7.00. The SMILES string of the molecule is C#Cc1c(F)ccc2cc(O)cc(-c3ncc4c(N5CCCOCC5)nc(OCC5CC6CCN5CC6)nc4c3F)c12. The fourth-order valence-corrected chi connectivity index (χ4v) is 6.66. The van der Waals surface area contributed by atoms with Crippen LogP contribution in [0.1, 0.15) is 31.2 Å². The van der Waals surface area contributed by atoms with Crippen LogP contribution in [-0.2, 0) is 4.74 Å². The number of aromatic nitrogens is 3. The average molecular weight is 572 g/mol. The standard InChI is InChI=1S/C32H31F2N5O3/c1-2-23-26(33)5-4-20-15-22(40)16-24(27(20)23)29-28(34)30-25(17-35-29)31(39-8-3-12-41-13-11-39)37-32(36-30)42-18-21-14-19-6-9-38(21)10-7-19/h1,4-5,15-17,19,21,40H,3,6-14,18H2. The van der Waals surface area contributed by atoms with Gasteiger partial charge in [-0.05, 0) is 68.3 Å². The number of anilines is 1. The smallest absolute Gasteiger partial charge is 0.319 e. The molecule has 1 unspecified atom stereocenters. The number of phenolic OH excluding ortho intramolecular Hbond substituents is 1. The molecule has 4 aliphatic rings. The van der Waals surface area contributed by atoms with Gasteiger partial charge in [0.05, 0.1) is 17.6 Å². The molecule has 4 fully saturated rings. The van der Waals surface area contributed by atoms with Crippen molar-refractivity contribution in [3.05, 3.63) is 47.7 Å². The maximum atomic E-state index is 16.6. The molecule has 2 bridgehead atoms. The number of aromatic hydroxyl groups is 1. The molecule has 8 rings (SSSR count). The fourth-order valence-electron chi connectivity index (χ4n) is 6.66. The Bertz CT molecular complexity index is 1710. The Balaban J connectivity index is 1.36. The predicted octanol–water partition coefficient (Wildman–Crippen LogP) is 4.90. The highest BCUT2D eigenvalue weighted by Gasteiger charge is 2.34. The molecule has 2 aromatic heterocycles. The number of fused-ring (bicyclic) bond motifs is 5. The van der Waals surface area contributed by atoms with E-state index in [-0.39, 0.29) is 45.5 Å². The van der Waals surface area contributed by atoms with Crippen LogP contribution in [0.5, 0.6) is 11.8 Å². The van der Waals surface area contributed by atoms with Crippen LogP contribution in [0.4, 0.5) is 14.6 Å². The van der Waals surface area contributed by atoms with Crippen LogP contribution in [0, 0.1) is 29.9 Å². The first kappa shape index (κ1) is 26.8. The lowest BCUT2D eigenvalue weighted by Gasteiger charge is -2.45. The quantitative estimate of drug-likeness (QED) is 0.339. The zero-order valence-corrected chi connectivity index (χ0v) is 23.2. The van der Waals surface area contributed by atoms with Gasteiger partial charge in [0.15, 0.2) is 5.82 Å². The highest BCUT2D eigenvalue weighted by molar-refractivity contribution is 6.03. The van der Waals surface area contributed by atoms with E-state index in [1.807, 2.05) is 4.90 Å². The molecular formula is C32H31F2N5O3. The van der Waals surface area contributed by atoms with Crippen LogP contribution < -0.4 is 9.64 Å². The molecule has 1 atom stereocenters. The van der Waals surface area contributed by atoms with Gasteiger partial charge in [-0.15, -0.1) is 6.42 Å². The van der Waals surface area contributed by atoms with E-state index in [4.69, 9.17) is 20.9 Å². The van der Waals surface area contributed by atoms with Gasteiger partial charge in [-0.25, -0.2) is 8.78 Å². The van der Waals surface area contributed by atoms with Crippen molar-refractivity contribution in [2.24, 2.45) is 5.92 Å². The third-order valence-electron chi connectivity index (χ3n) is 8.79. The van der Waals surface area contributed by atoms with E-state index in [1.54, 1.807) is 0 Å². The van der Waals surface area contributed by atoms with E-state index in [0.29, 0.717) is 49.5 Å². The number of phenols is 1. The van der Waals surface area contributed by atoms with Crippen molar-refractivity contribution >= 4 is 27.5 Å². The number of rotatable bonds is 5. The predicted molar refractivity (Wildman–Crippen MR) is 156 cm³/mol. The van der Waals surface area contributed by atoms with E-state index >= 15 is 4.39 Å². The van der Waals surface area contributed by atoms with Gasteiger partial charge >= 0.3 is 6.01 Å². The summed E-state index contributed by atoms with van der Waals surface area (Å²) in [6, 6.07) is 5.90. The first-order chi connectivity index (χ1) is 20.5. The van der Waals surface area contributed by atoms with Crippen LogP contribution in [0.2, 0.25) is 0 Å². The number of terminal acetylenes is 1. The van der Waals surface area contributed by atoms with Crippen molar-refractivity contribution in [2.45, 2.75) is 31.7 Å². The van der Waals surface area contributed by atoms with Crippen molar-refractivity contribution in [3.63, 3.8) is 0 Å². The van der Waals surface area contributed by atoms with Gasteiger partial charge in [0.2, 0.25) is 0 Å². The van der Waals surface area contributed by atoms with Crippen molar-refractivity contribution in [3.8, 4) is 35.4 Å². The number of halogens is 2. The van der Waals surface area contributed by atoms with Crippen LogP contribution in [0.3, 0.4) is 0 Å². The molecule has 2 aromatic carbocycles. The second-order valence-electron chi connectivity index (χ2n) is 11.3. The minimum Gasteiger partial charge on any atom is -0.508 e. The lowest BCUT2D eigenvalue weighted by Crippen LogP contribution is -2.51. The van der Waals surface area contributed by atoms with Gasteiger partial charge in [0.25, 0.3) is 0 Å². The average Bonchev–Trinajstić information content (AvgIpc) is 3.30. The van der Waals surface area contributed by atoms with Crippen LogP contribution >= 0.6 is 0 Å². The van der Waals surface area contributed by atoms with E-state index in [0.717, 1.165) is 31.8 Å². The highest BCUT2D eigenvalue weighted by atomic mass is 19.1. The summed E-state index contributed by atoms with van der Waals surface area (Å²) in [4.78, 5) is 18.3. The number of hydrogen-bond acceptors (Lipinski definition) is 8. The Labute approximate surface area is 242 Å². The molecule has 42 heavy (non-hydrogen) atoms. The Morgan fingerprint density at radius 2 is 1.95 bits per heavy atom. The number of ether oxygens (including phenoxy) is 2. The summed E-state index contributed by atoms with van der Waals surface area (Å²) in [7, 11) is 0. The molecular weight excluding hydrogens is 540 g/mol. The number of nitrogens with zero attached hydrogens (tertiary/aromatic N) is 5. The first-order valence-electron chi connectivity index (χ1n) is 14.5. The Morgan fingerprint density at radius 3 is 2.74 bits per heavy atom. The van der Waals surface area contributed by atoms with Crippen molar-refractivity contribution < 1.29 is 23.4 Å². The summed E-state index contributed by atoms with van der Waals surface area (Å²) in [5.74, 6) is 2.15. The molecule has 4 aliphatic heterocycles. The first-order valence-corrected chi connectivity index (χ1v) is 14.5. The van der Waals surface area contributed by atoms with Gasteiger partial charge in [-0.2, -0.15) is 9.97 Å². The molecule has 0 spiro atoms. The van der Waals surface area contributed by atoms with Crippen molar-refractivity contribution in [2.75, 3.05) is 50.9 Å². The van der Waals surface area contributed by atoms with E-state index in [1.165, 1.54) is 43.3 Å². The molecule has 1 N–H and O–H groups in total. The highest BCUT2D eigenvalue weighted by Crippen LogP contribution is 2.39. The second-order valence-corrected chi connectivity index (χ2v) is 11.3. The Morgan fingerprint density at radius 1 is 1.10 bits per heavy atom. The summed E-state index contributed by atoms with van der Waals surface area (Å²) >= 11 is 0. The van der Waals surface area contributed by atoms with Gasteiger partial charge in [-0.3, -0.25) is 9.88 Å². The van der Waals surface area contributed by atoms with Gasteiger partial charge in [-0.1, -0.05) is 12.0 Å². The van der Waals surface area contributed by atoms with E-state index in [9.17, 15) is 9.50 Å². The molecule has 0 saturated carbocycles. The third kappa shape index (κ3) is 4.76. The third-order valence-corrected chi connectivity index (χ3v) is 8.79. The summed E-state index contributed by atoms with van der Waals surface area (Å²) in [6.45, 7) is 4.97. The molecule has 8 nitrogen and oxygen atoms in total. The largest absolute Gasteiger partial charge is 0.508 e. The molecule has 6 heterocycles. The molecule has 0 amide bonds. The topological polar surface area (TPSA) is 83.8 Å². The minimum atomic E-state index is -0.730. The summed E-state index contributed by atoms with van der Waals surface area (Å²) in [5, 5.41) is 11.7. The molecule has 4 aromatic rings. The molecule has 0 aliphatic carbocycles. The summed E-state index contributed by atoms with van der Waals surface area (Å²) in [5.41, 5.74) is 0.0769. The molecule has 216 valence electrons. The summed E-state index contributed by atoms with van der Waals surface area (Å²) in [6.07, 6.45) is 11.5. The zero-order valence-electron chi connectivity index (χ0n) is 23.2. The molecule has 4 saturated heterocycles. The van der Waals surface area contributed by atoms with Gasteiger partial charge in [0, 0.05) is 42.9 Å². The minimum absolute atomic E-state index is 0.0301. The Hall–Kier alpha value is -4.07. The van der Waals surface area contributed by atoms with Crippen LogP contribution in [0.25, 0.3) is 32.9 Å². The lowest BCUT2D eigenvalue weighted by atomic mass is 9.84. The van der Waals surface area contributed by atoms with Crippen LogP contribution in [-0.4, -0.2) is 77.0 Å². The normalized spacial score (nSPS) is 22.3. The molecule has 0 radical (unpaired) electrons. The molecule has 10 heteroatoms. The maximum absolute atomic E-state index is 16.6. The maximum Gasteiger partial charge on any atom is 0.319 e. The lowest BCUT2D eigenvalue weighted by molar-refractivity contribution is 0.0220. The number of benzene rings is 2. The number of hydrogen-bond donors (Lipinski definition) is 1. The zero-order chi connectivity index (χ0) is 28.8. The van der Waals surface area contributed by atoms with Gasteiger partial charge < -0.3 is 19.5 Å². The monoisotopic (exact) mass is 571 g/mol. The fraction of sp³-hybridized carbons (Fsp3) is 0.406. The van der Waals surface area contributed by atoms with Crippen molar-refractivity contribution in [1.82, 2.24) is 19.9 Å². The number of piperidine rings is 3. The summed E-state index contributed by atoms with van der Waals surface area (Å²) < 4.78 is 43.2. The number of pyridine rings is 1. The second kappa shape index (κ2) is 11.0. The van der Waals surface area contributed by atoms with Crippen molar-refractivity contribution in [1.29, 1.82) is 0 Å². The van der Waals surface area contributed by atoms with E-state index < -0.39 is 11.6 Å². The van der Waals surface area contributed by atoms with E-state index in [2.05, 4.69) is 20.8 Å².